The monoisotopic (exact) mass is 193 g/mol. The van der Waals surface area contributed by atoms with Crippen molar-refractivity contribution >= 4 is 15.9 Å². The Morgan fingerprint density at radius 3 is 2.44 bits per heavy atom. The minimum atomic E-state index is 0.252. The van der Waals surface area contributed by atoms with Gasteiger partial charge >= 0.3 is 0 Å². The van der Waals surface area contributed by atoms with Crippen LogP contribution in [0.2, 0.25) is 0 Å². The van der Waals surface area contributed by atoms with E-state index in [2.05, 4.69) is 15.9 Å². The molecule has 1 fully saturated rings. The second-order valence-electron chi connectivity index (χ2n) is 2.70. The Kier molecular flexibility index (Phi) is 2.50. The first kappa shape index (κ1) is 7.51. The van der Waals surface area contributed by atoms with Crippen LogP contribution in [0.5, 0.6) is 0 Å². The minimum absolute atomic E-state index is 0.252. The van der Waals surface area contributed by atoms with Crippen LogP contribution < -0.4 is 5.73 Å². The van der Waals surface area contributed by atoms with Gasteiger partial charge in [-0.1, -0.05) is 15.9 Å². The predicted molar refractivity (Wildman–Crippen MR) is 40.5 cm³/mol. The van der Waals surface area contributed by atoms with Crippen LogP contribution in [-0.2, 0) is 0 Å². The molecule has 9 heavy (non-hydrogen) atoms. The zero-order chi connectivity index (χ0) is 6.85. The van der Waals surface area contributed by atoms with Crippen LogP contribution in [0, 0.1) is 5.92 Å². The lowest BCUT2D eigenvalue weighted by Crippen LogP contribution is -2.24. The first-order chi connectivity index (χ1) is 4.24. The molecular weight excluding hydrogens is 182 g/mol. The summed E-state index contributed by atoms with van der Waals surface area (Å²) in [5.74, 6) is 0.435. The lowest BCUT2D eigenvalue weighted by Gasteiger charge is -2.03. The minimum Gasteiger partial charge on any atom is -0.396 e. The van der Waals surface area contributed by atoms with E-state index in [4.69, 9.17) is 10.8 Å². The molecule has 1 aliphatic rings. The van der Waals surface area contributed by atoms with E-state index in [9.17, 15) is 0 Å². The highest BCUT2D eigenvalue weighted by molar-refractivity contribution is 9.09. The lowest BCUT2D eigenvalue weighted by molar-refractivity contribution is 0.229. The highest BCUT2D eigenvalue weighted by Crippen LogP contribution is 2.29. The van der Waals surface area contributed by atoms with Gasteiger partial charge in [-0.05, 0) is 18.8 Å². The summed E-state index contributed by atoms with van der Waals surface area (Å²) in [5.41, 5.74) is 5.69. The fourth-order valence-electron chi connectivity index (χ4n) is 1.27. The molecule has 3 N–H and O–H groups in total. The fourth-order valence-corrected chi connectivity index (χ4v) is 2.02. The number of nitrogens with two attached hydrogens (primary N) is 1. The molecule has 0 amide bonds. The van der Waals surface area contributed by atoms with Crippen molar-refractivity contribution < 1.29 is 5.11 Å². The van der Waals surface area contributed by atoms with Crippen LogP contribution >= 0.6 is 15.9 Å². The highest BCUT2D eigenvalue weighted by Gasteiger charge is 2.28. The Labute approximate surface area is 63.6 Å². The summed E-state index contributed by atoms with van der Waals surface area (Å²) in [6.07, 6.45) is 1.99. The Hall–Kier alpha value is 0.400. The number of alkyl halides is 1. The van der Waals surface area contributed by atoms with Gasteiger partial charge in [0.1, 0.15) is 0 Å². The van der Waals surface area contributed by atoms with E-state index in [1.807, 2.05) is 0 Å². The molecule has 3 heteroatoms. The standard InChI is InChI=1S/C6H12BrNO/c7-5-1-4(3-9)2-6(5)8/h4-6,9H,1-3,8H2/t4?,5?,6-/m1/s1. The summed E-state index contributed by atoms with van der Waals surface area (Å²) in [7, 11) is 0. The van der Waals surface area contributed by atoms with Gasteiger partial charge in [0.25, 0.3) is 0 Å². The van der Waals surface area contributed by atoms with E-state index in [0.717, 1.165) is 12.8 Å². The molecule has 0 saturated heterocycles. The van der Waals surface area contributed by atoms with Crippen molar-refractivity contribution in [1.29, 1.82) is 0 Å². The van der Waals surface area contributed by atoms with Crippen molar-refractivity contribution in [1.82, 2.24) is 0 Å². The van der Waals surface area contributed by atoms with E-state index in [0.29, 0.717) is 10.7 Å². The summed E-state index contributed by atoms with van der Waals surface area (Å²) in [4.78, 5) is 0.426. The SMILES string of the molecule is N[C@@H]1CC(CO)CC1Br. The van der Waals surface area contributed by atoms with Crippen LogP contribution in [0.1, 0.15) is 12.8 Å². The van der Waals surface area contributed by atoms with Crippen molar-refractivity contribution in [3.63, 3.8) is 0 Å². The molecule has 1 aliphatic carbocycles. The molecule has 0 heterocycles. The van der Waals surface area contributed by atoms with Crippen molar-refractivity contribution in [2.45, 2.75) is 23.7 Å². The van der Waals surface area contributed by atoms with Gasteiger partial charge in [-0.25, -0.2) is 0 Å². The summed E-state index contributed by atoms with van der Waals surface area (Å²) < 4.78 is 0. The zero-order valence-electron chi connectivity index (χ0n) is 5.26. The largest absolute Gasteiger partial charge is 0.396 e. The molecule has 1 saturated carbocycles. The second-order valence-corrected chi connectivity index (χ2v) is 3.88. The fraction of sp³-hybridized carbons (Fsp3) is 1.00. The van der Waals surface area contributed by atoms with Crippen LogP contribution in [0.15, 0.2) is 0 Å². The van der Waals surface area contributed by atoms with Crippen LogP contribution in [0.25, 0.3) is 0 Å². The van der Waals surface area contributed by atoms with E-state index < -0.39 is 0 Å². The summed E-state index contributed by atoms with van der Waals surface area (Å²) in [6.45, 7) is 0.288. The maximum atomic E-state index is 8.73. The average Bonchev–Trinajstić information content (AvgIpc) is 2.13. The average molecular weight is 194 g/mol. The van der Waals surface area contributed by atoms with Gasteiger partial charge in [0, 0.05) is 17.5 Å². The topological polar surface area (TPSA) is 46.2 Å². The normalized spacial score (nSPS) is 43.7. The summed E-state index contributed by atoms with van der Waals surface area (Å²) in [6, 6.07) is 0.252. The Morgan fingerprint density at radius 2 is 2.22 bits per heavy atom. The summed E-state index contributed by atoms with van der Waals surface area (Å²) >= 11 is 3.45. The number of hydrogen-bond acceptors (Lipinski definition) is 2. The number of aliphatic hydroxyl groups excluding tert-OH is 1. The van der Waals surface area contributed by atoms with Gasteiger partial charge in [0.2, 0.25) is 0 Å². The third kappa shape index (κ3) is 1.66. The Balaban J connectivity index is 2.35. The maximum absolute atomic E-state index is 8.73. The van der Waals surface area contributed by atoms with Crippen molar-refractivity contribution in [3.8, 4) is 0 Å². The molecular formula is C6H12BrNO. The van der Waals surface area contributed by atoms with Crippen LogP contribution in [0.3, 0.4) is 0 Å². The van der Waals surface area contributed by atoms with Gasteiger partial charge in [-0.15, -0.1) is 0 Å². The predicted octanol–water partition coefficient (Wildman–Crippen LogP) is 0.479. The molecule has 0 spiro atoms. The maximum Gasteiger partial charge on any atom is 0.0460 e. The Morgan fingerprint density at radius 1 is 1.56 bits per heavy atom. The van der Waals surface area contributed by atoms with Crippen molar-refractivity contribution in [2.24, 2.45) is 11.7 Å². The quantitative estimate of drug-likeness (QED) is 0.596. The zero-order valence-corrected chi connectivity index (χ0v) is 6.84. The first-order valence-corrected chi connectivity index (χ1v) is 4.16. The third-order valence-electron chi connectivity index (χ3n) is 1.89. The molecule has 0 radical (unpaired) electrons. The number of hydrogen-bond donors (Lipinski definition) is 2. The molecule has 1 rings (SSSR count). The van der Waals surface area contributed by atoms with Gasteiger partial charge in [-0.2, -0.15) is 0 Å². The highest BCUT2D eigenvalue weighted by atomic mass is 79.9. The van der Waals surface area contributed by atoms with Crippen molar-refractivity contribution in [3.05, 3.63) is 0 Å². The number of halogens is 1. The van der Waals surface area contributed by atoms with Gasteiger partial charge in [0.15, 0.2) is 0 Å². The lowest BCUT2D eigenvalue weighted by atomic mass is 10.1. The second kappa shape index (κ2) is 2.99. The summed E-state index contributed by atoms with van der Waals surface area (Å²) in [5, 5.41) is 8.73. The van der Waals surface area contributed by atoms with Crippen LogP contribution in [0.4, 0.5) is 0 Å². The first-order valence-electron chi connectivity index (χ1n) is 3.24. The smallest absolute Gasteiger partial charge is 0.0460 e. The number of rotatable bonds is 1. The van der Waals surface area contributed by atoms with Crippen LogP contribution in [-0.4, -0.2) is 22.6 Å². The molecule has 0 aromatic heterocycles. The van der Waals surface area contributed by atoms with E-state index >= 15 is 0 Å². The molecule has 0 bridgehead atoms. The van der Waals surface area contributed by atoms with E-state index in [-0.39, 0.29) is 12.6 Å². The van der Waals surface area contributed by atoms with Gasteiger partial charge in [0.05, 0.1) is 0 Å². The van der Waals surface area contributed by atoms with E-state index in [1.54, 1.807) is 0 Å². The van der Waals surface area contributed by atoms with E-state index in [1.165, 1.54) is 0 Å². The molecule has 2 unspecified atom stereocenters. The number of aliphatic hydroxyl groups is 1. The van der Waals surface area contributed by atoms with Gasteiger partial charge < -0.3 is 10.8 Å². The molecule has 3 atom stereocenters. The molecule has 0 aliphatic heterocycles. The molecule has 54 valence electrons. The molecule has 0 aromatic carbocycles. The van der Waals surface area contributed by atoms with Gasteiger partial charge in [-0.3, -0.25) is 0 Å². The molecule has 0 aromatic rings. The molecule has 2 nitrogen and oxygen atoms in total. The van der Waals surface area contributed by atoms with Crippen molar-refractivity contribution in [2.75, 3.05) is 6.61 Å². The Bertz CT molecular complexity index is 89.1. The third-order valence-corrected chi connectivity index (χ3v) is 2.94.